The van der Waals surface area contributed by atoms with Gasteiger partial charge in [0, 0.05) is 10.7 Å². The Hall–Kier alpha value is -3.57. The molecule has 4 aromatic carbocycles. The van der Waals surface area contributed by atoms with Gasteiger partial charge in [0.05, 0.1) is 26.2 Å². The molecule has 0 aliphatic heterocycles. The van der Waals surface area contributed by atoms with Crippen molar-refractivity contribution < 1.29 is 21.6 Å². The van der Waals surface area contributed by atoms with Gasteiger partial charge in [-0.2, -0.15) is 0 Å². The summed E-state index contributed by atoms with van der Waals surface area (Å²) in [5.41, 5.74) is 3.23. The second-order valence-corrected chi connectivity index (χ2v) is 13.8. The highest BCUT2D eigenvalue weighted by Gasteiger charge is 2.29. The van der Waals surface area contributed by atoms with Crippen LogP contribution in [0.25, 0.3) is 0 Å². The predicted octanol–water partition coefficient (Wildman–Crippen LogP) is 6.55. The number of rotatable bonds is 9. The van der Waals surface area contributed by atoms with Crippen molar-refractivity contribution in [3.63, 3.8) is 0 Å². The average Bonchev–Trinajstić information content (AvgIpc) is 2.91. The summed E-state index contributed by atoms with van der Waals surface area (Å²) in [7, 11) is -8.12. The lowest BCUT2D eigenvalue weighted by Crippen LogP contribution is -2.38. The first kappa shape index (κ1) is 30.4. The van der Waals surface area contributed by atoms with E-state index in [1.165, 1.54) is 54.6 Å². The summed E-state index contributed by atoms with van der Waals surface area (Å²) in [4.78, 5) is 13.1. The smallest absolute Gasteiger partial charge is 0.264 e. The fraction of sp³-hybridized carbons (Fsp3) is 0.138. The molecule has 0 heterocycles. The number of nitrogens with one attached hydrogen (secondary N) is 2. The zero-order valence-corrected chi connectivity index (χ0v) is 25.5. The number of carbonyl (C=O) groups is 1. The molecular weight excluding hydrogens is 605 g/mol. The zero-order chi connectivity index (χ0) is 29.9. The Kier molecular flexibility index (Phi) is 8.98. The van der Waals surface area contributed by atoms with E-state index in [4.69, 9.17) is 23.2 Å². The van der Waals surface area contributed by atoms with Gasteiger partial charge in [-0.3, -0.25) is 13.8 Å². The average molecular weight is 633 g/mol. The molecule has 0 unspecified atom stereocenters. The van der Waals surface area contributed by atoms with Gasteiger partial charge in [-0.1, -0.05) is 59.1 Å². The molecule has 0 aliphatic carbocycles. The molecule has 0 radical (unpaired) electrons. The Labute approximate surface area is 250 Å². The number of aryl methyl sites for hydroxylation is 3. The molecule has 0 aromatic heterocycles. The maximum absolute atomic E-state index is 13.6. The van der Waals surface area contributed by atoms with E-state index in [-0.39, 0.29) is 31.2 Å². The minimum Gasteiger partial charge on any atom is -0.325 e. The molecule has 0 spiro atoms. The second-order valence-electron chi connectivity index (χ2n) is 9.37. The van der Waals surface area contributed by atoms with Crippen LogP contribution in [0.4, 0.5) is 17.1 Å². The van der Waals surface area contributed by atoms with Crippen LogP contribution in [-0.2, 0) is 24.8 Å². The van der Waals surface area contributed by atoms with E-state index in [9.17, 15) is 21.6 Å². The summed E-state index contributed by atoms with van der Waals surface area (Å²) in [6.07, 6.45) is 0. The van der Waals surface area contributed by atoms with Crippen LogP contribution < -0.4 is 14.3 Å². The van der Waals surface area contributed by atoms with Crippen LogP contribution in [0.2, 0.25) is 10.0 Å². The Bertz CT molecular complexity index is 1790. The number of hydrogen-bond acceptors (Lipinski definition) is 5. The van der Waals surface area contributed by atoms with Crippen molar-refractivity contribution >= 4 is 66.2 Å². The number of benzene rings is 4. The molecule has 0 atom stereocenters. The topological polar surface area (TPSA) is 113 Å². The summed E-state index contributed by atoms with van der Waals surface area (Å²) in [5.74, 6) is -0.680. The first-order valence-electron chi connectivity index (χ1n) is 12.3. The van der Waals surface area contributed by atoms with E-state index in [2.05, 4.69) is 10.0 Å². The Morgan fingerprint density at radius 1 is 0.780 bits per heavy atom. The number of hydrogen-bond donors (Lipinski definition) is 2. The van der Waals surface area contributed by atoms with Gasteiger partial charge < -0.3 is 5.32 Å². The lowest BCUT2D eigenvalue weighted by Gasteiger charge is -2.25. The summed E-state index contributed by atoms with van der Waals surface area (Å²) in [6.45, 7) is 4.82. The Morgan fingerprint density at radius 3 is 1.98 bits per heavy atom. The standard InChI is InChI=1S/C29H27Cl2N3O5S2/c1-19-7-12-25(13-8-19)41(38,39)34(27-17-22(30)9-16-26(27)31)18-28(35)32-23-10-14-24(15-11-23)40(36,37)33-29-20(2)5-4-6-21(29)3/h4-17,33H,18H2,1-3H3,(H,32,35). The third kappa shape index (κ3) is 7.02. The number of halogens is 2. The fourth-order valence-electron chi connectivity index (χ4n) is 4.03. The van der Waals surface area contributed by atoms with Crippen molar-refractivity contribution in [2.24, 2.45) is 0 Å². The van der Waals surface area contributed by atoms with E-state index >= 15 is 0 Å². The molecule has 1 amide bonds. The summed E-state index contributed by atoms with van der Waals surface area (Å²) < 4.78 is 56.7. The molecule has 2 N–H and O–H groups in total. The van der Waals surface area contributed by atoms with Gasteiger partial charge in [-0.15, -0.1) is 0 Å². The Morgan fingerprint density at radius 2 is 1.37 bits per heavy atom. The lowest BCUT2D eigenvalue weighted by molar-refractivity contribution is -0.114. The maximum Gasteiger partial charge on any atom is 0.264 e. The number of sulfonamides is 2. The van der Waals surface area contributed by atoms with Gasteiger partial charge in [0.1, 0.15) is 6.54 Å². The highest BCUT2D eigenvalue weighted by atomic mass is 35.5. The maximum atomic E-state index is 13.6. The third-order valence-electron chi connectivity index (χ3n) is 6.24. The first-order valence-corrected chi connectivity index (χ1v) is 16.0. The molecule has 0 aliphatic rings. The quantitative estimate of drug-likeness (QED) is 0.217. The van der Waals surface area contributed by atoms with Crippen LogP contribution in [-0.4, -0.2) is 29.3 Å². The molecule has 41 heavy (non-hydrogen) atoms. The van der Waals surface area contributed by atoms with Crippen LogP contribution in [0.15, 0.2) is 94.7 Å². The van der Waals surface area contributed by atoms with Gasteiger partial charge >= 0.3 is 0 Å². The minimum absolute atomic E-state index is 0.00700. The van der Waals surface area contributed by atoms with Gasteiger partial charge in [0.2, 0.25) is 5.91 Å². The van der Waals surface area contributed by atoms with E-state index < -0.39 is 32.5 Å². The molecule has 214 valence electrons. The number of carbonyl (C=O) groups excluding carboxylic acids is 1. The van der Waals surface area contributed by atoms with E-state index in [0.29, 0.717) is 5.69 Å². The second kappa shape index (κ2) is 12.1. The zero-order valence-electron chi connectivity index (χ0n) is 22.4. The molecule has 0 fully saturated rings. The van der Waals surface area contributed by atoms with Crippen molar-refractivity contribution in [2.45, 2.75) is 30.6 Å². The van der Waals surface area contributed by atoms with E-state index in [1.54, 1.807) is 12.1 Å². The molecular formula is C29H27Cl2N3O5S2. The predicted molar refractivity (Wildman–Crippen MR) is 164 cm³/mol. The number of para-hydroxylation sites is 1. The van der Waals surface area contributed by atoms with Gasteiger partial charge in [0.15, 0.2) is 0 Å². The molecule has 0 saturated carbocycles. The Balaban J connectivity index is 1.57. The highest BCUT2D eigenvalue weighted by Crippen LogP contribution is 2.33. The monoisotopic (exact) mass is 631 g/mol. The van der Waals surface area contributed by atoms with Crippen molar-refractivity contribution in [3.05, 3.63) is 112 Å². The molecule has 0 saturated heterocycles. The van der Waals surface area contributed by atoms with Gasteiger partial charge in [-0.05, 0) is 86.5 Å². The summed E-state index contributed by atoms with van der Waals surface area (Å²) >= 11 is 12.5. The molecule has 0 bridgehead atoms. The molecule has 4 aromatic rings. The molecule has 4 rings (SSSR count). The molecule has 8 nitrogen and oxygen atoms in total. The number of amides is 1. The van der Waals surface area contributed by atoms with Crippen molar-refractivity contribution in [1.29, 1.82) is 0 Å². The van der Waals surface area contributed by atoms with E-state index in [0.717, 1.165) is 21.0 Å². The van der Waals surface area contributed by atoms with Gasteiger partial charge in [-0.25, -0.2) is 16.8 Å². The SMILES string of the molecule is Cc1ccc(S(=O)(=O)N(CC(=O)Nc2ccc(S(=O)(=O)Nc3c(C)cccc3C)cc2)c2cc(Cl)ccc2Cl)cc1. The summed E-state index contributed by atoms with van der Waals surface area (Å²) in [6, 6.07) is 21.5. The van der Waals surface area contributed by atoms with Crippen LogP contribution in [0.1, 0.15) is 16.7 Å². The minimum atomic E-state index is -4.22. The molecule has 12 heteroatoms. The normalized spacial score (nSPS) is 11.6. The number of anilines is 3. The summed E-state index contributed by atoms with van der Waals surface area (Å²) in [5, 5.41) is 2.94. The van der Waals surface area contributed by atoms with E-state index in [1.807, 2.05) is 39.0 Å². The van der Waals surface area contributed by atoms with Crippen molar-refractivity contribution in [1.82, 2.24) is 0 Å². The van der Waals surface area contributed by atoms with Crippen LogP contribution in [0.3, 0.4) is 0 Å². The van der Waals surface area contributed by atoms with Crippen molar-refractivity contribution in [3.8, 4) is 0 Å². The van der Waals surface area contributed by atoms with Crippen molar-refractivity contribution in [2.75, 3.05) is 20.9 Å². The number of nitrogens with zero attached hydrogens (tertiary/aromatic N) is 1. The largest absolute Gasteiger partial charge is 0.325 e. The van der Waals surface area contributed by atoms with Crippen LogP contribution in [0, 0.1) is 20.8 Å². The van der Waals surface area contributed by atoms with Gasteiger partial charge in [0.25, 0.3) is 20.0 Å². The van der Waals surface area contributed by atoms with Crippen LogP contribution >= 0.6 is 23.2 Å². The highest BCUT2D eigenvalue weighted by molar-refractivity contribution is 7.93. The lowest BCUT2D eigenvalue weighted by atomic mass is 10.1. The third-order valence-corrected chi connectivity index (χ3v) is 9.93. The fourth-order valence-corrected chi connectivity index (χ4v) is 7.10. The first-order chi connectivity index (χ1) is 19.3. The van der Waals surface area contributed by atoms with Crippen LogP contribution in [0.5, 0.6) is 0 Å².